The number of hydrogen-bond acceptors (Lipinski definition) is 6. The lowest BCUT2D eigenvalue weighted by molar-refractivity contribution is -0.146. The van der Waals surface area contributed by atoms with Crippen molar-refractivity contribution in [3.05, 3.63) is 18.2 Å². The number of ether oxygens (including phenoxy) is 3. The third-order valence-corrected chi connectivity index (χ3v) is 4.29. The largest absolute Gasteiger partial charge is 0.486 e. The molecule has 1 aromatic rings. The SMILES string of the molecule is COC(=O)[C@@H](C)N1CCN(c2cccc3c2OCCO3)CC1. The molecule has 1 saturated heterocycles. The van der Waals surface area contributed by atoms with Gasteiger partial charge in [-0.25, -0.2) is 0 Å². The predicted molar refractivity (Wildman–Crippen MR) is 82.7 cm³/mol. The van der Waals surface area contributed by atoms with E-state index in [0.29, 0.717) is 13.2 Å². The Hall–Kier alpha value is -1.95. The number of carbonyl (C=O) groups excluding carboxylic acids is 1. The molecular formula is C16H22N2O4. The summed E-state index contributed by atoms with van der Waals surface area (Å²) < 4.78 is 16.2. The lowest BCUT2D eigenvalue weighted by Gasteiger charge is -2.39. The van der Waals surface area contributed by atoms with E-state index in [2.05, 4.69) is 15.9 Å². The van der Waals surface area contributed by atoms with Gasteiger partial charge in [0, 0.05) is 26.2 Å². The topological polar surface area (TPSA) is 51.2 Å². The van der Waals surface area contributed by atoms with Gasteiger partial charge >= 0.3 is 5.97 Å². The van der Waals surface area contributed by atoms with E-state index in [-0.39, 0.29) is 12.0 Å². The van der Waals surface area contributed by atoms with Crippen molar-refractivity contribution in [2.45, 2.75) is 13.0 Å². The monoisotopic (exact) mass is 306 g/mol. The number of piperazine rings is 1. The van der Waals surface area contributed by atoms with Gasteiger partial charge in [0.1, 0.15) is 19.3 Å². The smallest absolute Gasteiger partial charge is 0.322 e. The molecule has 0 aliphatic carbocycles. The van der Waals surface area contributed by atoms with E-state index >= 15 is 0 Å². The maximum atomic E-state index is 11.6. The number of fused-ring (bicyclic) bond motifs is 1. The zero-order valence-corrected chi connectivity index (χ0v) is 13.1. The fourth-order valence-corrected chi connectivity index (χ4v) is 2.98. The van der Waals surface area contributed by atoms with Crippen LogP contribution in [0.25, 0.3) is 0 Å². The summed E-state index contributed by atoms with van der Waals surface area (Å²) >= 11 is 0. The average molecular weight is 306 g/mol. The van der Waals surface area contributed by atoms with Crippen LogP contribution in [-0.2, 0) is 9.53 Å². The number of hydrogen-bond donors (Lipinski definition) is 0. The molecule has 0 bridgehead atoms. The minimum absolute atomic E-state index is 0.178. The van der Waals surface area contributed by atoms with Crippen molar-refractivity contribution in [2.75, 3.05) is 51.4 Å². The summed E-state index contributed by atoms with van der Waals surface area (Å²) in [4.78, 5) is 16.1. The van der Waals surface area contributed by atoms with Gasteiger partial charge in [-0.15, -0.1) is 0 Å². The standard InChI is InChI=1S/C16H22N2O4/c1-12(16(19)20-2)17-6-8-18(9-7-17)13-4-3-5-14-15(13)22-11-10-21-14/h3-5,12H,6-11H2,1-2H3/t12-/m1/s1. The van der Waals surface area contributed by atoms with E-state index in [1.54, 1.807) is 0 Å². The molecule has 2 heterocycles. The molecule has 6 nitrogen and oxygen atoms in total. The van der Waals surface area contributed by atoms with Crippen molar-refractivity contribution in [1.29, 1.82) is 0 Å². The molecule has 2 aliphatic heterocycles. The summed E-state index contributed by atoms with van der Waals surface area (Å²) in [5.74, 6) is 1.47. The molecule has 3 rings (SSSR count). The lowest BCUT2D eigenvalue weighted by Crippen LogP contribution is -2.52. The van der Waals surface area contributed by atoms with Crippen LogP contribution in [0.15, 0.2) is 18.2 Å². The molecule has 0 spiro atoms. The van der Waals surface area contributed by atoms with Crippen LogP contribution in [0.4, 0.5) is 5.69 Å². The molecule has 1 atom stereocenters. The third-order valence-electron chi connectivity index (χ3n) is 4.29. The highest BCUT2D eigenvalue weighted by Crippen LogP contribution is 2.39. The Morgan fingerprint density at radius 2 is 1.91 bits per heavy atom. The molecule has 120 valence electrons. The highest BCUT2D eigenvalue weighted by Gasteiger charge is 2.28. The normalized spacial score (nSPS) is 19.6. The van der Waals surface area contributed by atoms with Crippen molar-refractivity contribution in [3.63, 3.8) is 0 Å². The molecule has 2 aliphatic rings. The van der Waals surface area contributed by atoms with Crippen LogP contribution in [0.1, 0.15) is 6.92 Å². The first kappa shape index (κ1) is 15.0. The average Bonchev–Trinajstić information content (AvgIpc) is 2.60. The van der Waals surface area contributed by atoms with E-state index in [0.717, 1.165) is 43.4 Å². The second-order valence-corrected chi connectivity index (χ2v) is 5.52. The Kier molecular flexibility index (Phi) is 4.38. The number of benzene rings is 1. The molecule has 0 unspecified atom stereocenters. The number of nitrogens with zero attached hydrogens (tertiary/aromatic N) is 2. The molecular weight excluding hydrogens is 284 g/mol. The van der Waals surface area contributed by atoms with E-state index in [1.807, 2.05) is 19.1 Å². The Labute approximate surface area is 130 Å². The third kappa shape index (κ3) is 2.83. The van der Waals surface area contributed by atoms with Crippen LogP contribution in [0.2, 0.25) is 0 Å². The maximum Gasteiger partial charge on any atom is 0.322 e. The van der Waals surface area contributed by atoms with Gasteiger partial charge in [0.25, 0.3) is 0 Å². The molecule has 0 aromatic heterocycles. The van der Waals surface area contributed by atoms with E-state index in [1.165, 1.54) is 7.11 Å². The maximum absolute atomic E-state index is 11.6. The van der Waals surface area contributed by atoms with E-state index < -0.39 is 0 Å². The van der Waals surface area contributed by atoms with Gasteiger partial charge in [-0.3, -0.25) is 9.69 Å². The van der Waals surface area contributed by atoms with Gasteiger partial charge < -0.3 is 19.1 Å². The Balaban J connectivity index is 1.68. The summed E-state index contributed by atoms with van der Waals surface area (Å²) in [5.41, 5.74) is 1.07. The van der Waals surface area contributed by atoms with Gasteiger partial charge in [-0.2, -0.15) is 0 Å². The molecule has 0 radical (unpaired) electrons. The fourth-order valence-electron chi connectivity index (χ4n) is 2.98. The number of anilines is 1. The quantitative estimate of drug-likeness (QED) is 0.781. The minimum Gasteiger partial charge on any atom is -0.486 e. The van der Waals surface area contributed by atoms with Gasteiger partial charge in [0.2, 0.25) is 0 Å². The second-order valence-electron chi connectivity index (χ2n) is 5.52. The first-order valence-corrected chi connectivity index (χ1v) is 7.66. The molecule has 22 heavy (non-hydrogen) atoms. The van der Waals surface area contributed by atoms with Gasteiger partial charge in [0.05, 0.1) is 12.8 Å². The molecule has 0 N–H and O–H groups in total. The van der Waals surface area contributed by atoms with Crippen molar-refractivity contribution in [1.82, 2.24) is 4.90 Å². The number of carbonyl (C=O) groups is 1. The highest BCUT2D eigenvalue weighted by molar-refractivity contribution is 5.75. The lowest BCUT2D eigenvalue weighted by atomic mass is 10.2. The zero-order valence-electron chi connectivity index (χ0n) is 13.1. The number of methoxy groups -OCH3 is 1. The van der Waals surface area contributed by atoms with Crippen LogP contribution in [0.5, 0.6) is 11.5 Å². The Morgan fingerprint density at radius 3 is 2.64 bits per heavy atom. The summed E-state index contributed by atoms with van der Waals surface area (Å²) in [6, 6.07) is 5.80. The molecule has 0 amide bonds. The van der Waals surface area contributed by atoms with Crippen molar-refractivity contribution >= 4 is 11.7 Å². The van der Waals surface area contributed by atoms with Crippen LogP contribution in [-0.4, -0.2) is 63.4 Å². The summed E-state index contributed by atoms with van der Waals surface area (Å²) in [6.45, 7) is 6.41. The van der Waals surface area contributed by atoms with Crippen LogP contribution in [0, 0.1) is 0 Å². The second kappa shape index (κ2) is 6.44. The summed E-state index contributed by atoms with van der Waals surface area (Å²) in [7, 11) is 1.43. The fraction of sp³-hybridized carbons (Fsp3) is 0.562. The first-order valence-electron chi connectivity index (χ1n) is 7.66. The van der Waals surface area contributed by atoms with Crippen LogP contribution in [0.3, 0.4) is 0 Å². The summed E-state index contributed by atoms with van der Waals surface area (Å²) in [5, 5.41) is 0. The van der Waals surface area contributed by atoms with Crippen molar-refractivity contribution < 1.29 is 19.0 Å². The number of esters is 1. The first-order chi connectivity index (χ1) is 10.7. The molecule has 0 saturated carbocycles. The predicted octanol–water partition coefficient (Wildman–Crippen LogP) is 1.14. The van der Waals surface area contributed by atoms with Gasteiger partial charge in [-0.05, 0) is 19.1 Å². The van der Waals surface area contributed by atoms with Crippen molar-refractivity contribution in [2.24, 2.45) is 0 Å². The van der Waals surface area contributed by atoms with Gasteiger partial charge in [0.15, 0.2) is 11.5 Å². The van der Waals surface area contributed by atoms with Gasteiger partial charge in [-0.1, -0.05) is 6.07 Å². The minimum atomic E-state index is -0.198. The van der Waals surface area contributed by atoms with Crippen LogP contribution >= 0.6 is 0 Å². The molecule has 6 heteroatoms. The molecule has 1 fully saturated rings. The Bertz CT molecular complexity index is 541. The number of para-hydroxylation sites is 1. The Morgan fingerprint density at radius 1 is 1.18 bits per heavy atom. The van der Waals surface area contributed by atoms with Crippen LogP contribution < -0.4 is 14.4 Å². The van der Waals surface area contributed by atoms with E-state index in [9.17, 15) is 4.79 Å². The van der Waals surface area contributed by atoms with Crippen molar-refractivity contribution in [3.8, 4) is 11.5 Å². The summed E-state index contributed by atoms with van der Waals surface area (Å²) in [6.07, 6.45) is 0. The molecule has 1 aromatic carbocycles. The number of rotatable bonds is 3. The highest BCUT2D eigenvalue weighted by atomic mass is 16.6. The van der Waals surface area contributed by atoms with E-state index in [4.69, 9.17) is 14.2 Å². The zero-order chi connectivity index (χ0) is 15.5.